The molecule has 6 heteroatoms. The fourth-order valence-corrected chi connectivity index (χ4v) is 4.43. The van der Waals surface area contributed by atoms with Crippen LogP contribution in [0.5, 0.6) is 0 Å². The van der Waals surface area contributed by atoms with Gasteiger partial charge in [0, 0.05) is 10.7 Å². The first-order chi connectivity index (χ1) is 12.4. The van der Waals surface area contributed by atoms with Crippen LogP contribution in [0.2, 0.25) is 0 Å². The Hall–Kier alpha value is 0.800. The van der Waals surface area contributed by atoms with Gasteiger partial charge in [-0.05, 0) is 53.4 Å². The highest BCUT2D eigenvalue weighted by Crippen LogP contribution is 2.16. The molecule has 0 spiro atoms. The zero-order valence-electron chi connectivity index (χ0n) is 17.6. The van der Waals surface area contributed by atoms with Gasteiger partial charge in [0.15, 0.2) is 0 Å². The summed E-state index contributed by atoms with van der Waals surface area (Å²) in [4.78, 5) is 0. The highest BCUT2D eigenvalue weighted by Gasteiger charge is 2.27. The lowest BCUT2D eigenvalue weighted by atomic mass is 10.1. The van der Waals surface area contributed by atoms with Crippen molar-refractivity contribution in [1.29, 1.82) is 0 Å². The molecular weight excluding hydrogens is 460 g/mol. The Morgan fingerprint density at radius 2 is 0.923 bits per heavy atom. The van der Waals surface area contributed by atoms with Crippen LogP contribution in [0.25, 0.3) is 0 Å². The quantitative estimate of drug-likeness (QED) is 0.180. The van der Waals surface area contributed by atoms with E-state index in [1.165, 1.54) is 38.8 Å². The molecule has 26 heavy (non-hydrogen) atoms. The Morgan fingerprint density at radius 1 is 0.615 bits per heavy atom. The Balaban J connectivity index is 4.30. The molecule has 0 saturated heterocycles. The molecule has 0 aromatic rings. The van der Waals surface area contributed by atoms with Gasteiger partial charge in [-0.3, -0.25) is 0 Å². The first-order valence-electron chi connectivity index (χ1n) is 10.5. The average molecular weight is 504 g/mol. The van der Waals surface area contributed by atoms with E-state index in [9.17, 15) is 10.2 Å². The van der Waals surface area contributed by atoms with Crippen LogP contribution in [0.1, 0.15) is 53.4 Å². The average Bonchev–Trinajstić information content (AvgIpc) is 2.68. The summed E-state index contributed by atoms with van der Waals surface area (Å²) in [5.74, 6) is 0. The van der Waals surface area contributed by atoms with E-state index in [1.54, 1.807) is 0 Å². The number of nitrogens with zero attached hydrogens (tertiary/aromatic N) is 2. The molecule has 0 aliphatic heterocycles. The van der Waals surface area contributed by atoms with Crippen molar-refractivity contribution in [2.45, 2.75) is 65.6 Å². The molecule has 0 saturated carbocycles. The first kappa shape index (κ1) is 26.8. The number of aliphatic hydroxyl groups excluding tert-OH is 2. The number of halogens is 2. The molecule has 0 bridgehead atoms. The lowest BCUT2D eigenvalue weighted by Gasteiger charge is -2.39. The zero-order valence-corrected chi connectivity index (χ0v) is 20.8. The molecule has 0 amide bonds. The van der Waals surface area contributed by atoms with Crippen LogP contribution >= 0.6 is 31.9 Å². The van der Waals surface area contributed by atoms with Crippen LogP contribution in [0.3, 0.4) is 0 Å². The number of quaternary nitrogens is 2. The highest BCUT2D eigenvalue weighted by atomic mass is 79.9. The second-order valence-corrected chi connectivity index (χ2v) is 9.09. The Bertz CT molecular complexity index is 306. The molecule has 0 heterocycles. The van der Waals surface area contributed by atoms with E-state index in [-0.39, 0.29) is 12.2 Å². The normalized spacial score (nSPS) is 15.2. The topological polar surface area (TPSA) is 40.5 Å². The maximum atomic E-state index is 10.0. The second-order valence-electron chi connectivity index (χ2n) is 7.79. The van der Waals surface area contributed by atoms with Gasteiger partial charge in [-0.2, -0.15) is 0 Å². The molecule has 0 aliphatic carbocycles. The van der Waals surface area contributed by atoms with Crippen LogP contribution in [0.4, 0.5) is 0 Å². The minimum Gasteiger partial charge on any atom is -0.386 e. The molecule has 0 aromatic carbocycles. The smallest absolute Gasteiger partial charge is 0.113 e. The van der Waals surface area contributed by atoms with Crippen LogP contribution in [-0.2, 0) is 0 Å². The summed E-state index contributed by atoms with van der Waals surface area (Å²) in [5.41, 5.74) is 0. The predicted molar refractivity (Wildman–Crippen MR) is 120 cm³/mol. The van der Waals surface area contributed by atoms with Crippen molar-refractivity contribution >= 4 is 31.9 Å². The molecule has 2 atom stereocenters. The van der Waals surface area contributed by atoms with E-state index in [1.807, 2.05) is 0 Å². The fraction of sp³-hybridized carbons (Fsp3) is 1.00. The molecule has 158 valence electrons. The molecule has 0 aromatic heterocycles. The van der Waals surface area contributed by atoms with E-state index in [4.69, 9.17) is 0 Å². The van der Waals surface area contributed by atoms with Gasteiger partial charge in [0.25, 0.3) is 0 Å². The Labute approximate surface area is 179 Å². The van der Waals surface area contributed by atoms with Crippen LogP contribution in [0.15, 0.2) is 0 Å². The third kappa shape index (κ3) is 9.83. The predicted octanol–water partition coefficient (Wildman–Crippen LogP) is 3.77. The van der Waals surface area contributed by atoms with Crippen molar-refractivity contribution in [2.75, 3.05) is 63.0 Å². The number of rotatable bonds is 17. The summed E-state index contributed by atoms with van der Waals surface area (Å²) in [6, 6.07) is 0. The van der Waals surface area contributed by atoms with Crippen molar-refractivity contribution in [1.82, 2.24) is 0 Å². The summed E-state index contributed by atoms with van der Waals surface area (Å²) in [6.45, 7) is 17.4. The van der Waals surface area contributed by atoms with Gasteiger partial charge in [0.05, 0.1) is 39.3 Å². The maximum absolute atomic E-state index is 10.0. The van der Waals surface area contributed by atoms with E-state index < -0.39 is 0 Å². The zero-order chi connectivity index (χ0) is 20.1. The maximum Gasteiger partial charge on any atom is 0.113 e. The highest BCUT2D eigenvalue weighted by molar-refractivity contribution is 9.09. The van der Waals surface area contributed by atoms with Gasteiger partial charge < -0.3 is 19.2 Å². The minimum absolute atomic E-state index is 0.247. The number of likely N-dealkylation sites (N-methyl/N-ethyl adjacent to an activating group) is 2. The van der Waals surface area contributed by atoms with Crippen LogP contribution in [0, 0.1) is 0 Å². The van der Waals surface area contributed by atoms with Crippen molar-refractivity contribution in [3.05, 3.63) is 0 Å². The van der Waals surface area contributed by atoms with Crippen molar-refractivity contribution in [3.8, 4) is 0 Å². The van der Waals surface area contributed by atoms with Gasteiger partial charge in [-0.25, -0.2) is 0 Å². The molecule has 0 fully saturated rings. The monoisotopic (exact) mass is 502 g/mol. The van der Waals surface area contributed by atoms with Crippen LogP contribution < -0.4 is 0 Å². The van der Waals surface area contributed by atoms with E-state index >= 15 is 0 Å². The fourth-order valence-electron chi connectivity index (χ4n) is 4.02. The van der Waals surface area contributed by atoms with Crippen molar-refractivity contribution in [3.63, 3.8) is 0 Å². The van der Waals surface area contributed by atoms with E-state index in [2.05, 4.69) is 59.6 Å². The van der Waals surface area contributed by atoms with Crippen molar-refractivity contribution in [2.24, 2.45) is 0 Å². The molecular formula is C20H44Br2N2O2+2. The molecule has 0 radical (unpaired) electrons. The Morgan fingerprint density at radius 3 is 1.15 bits per heavy atom. The molecule has 4 nitrogen and oxygen atoms in total. The van der Waals surface area contributed by atoms with Crippen LogP contribution in [-0.4, -0.2) is 94.4 Å². The summed E-state index contributed by atoms with van der Waals surface area (Å²) < 4.78 is 2.04. The SMILES string of the molecule is CC[N+](CC)(CCCCCC[N+](CC)(CC)CC(O)CBr)CC(O)CBr. The summed E-state index contributed by atoms with van der Waals surface area (Å²) in [6.07, 6.45) is 4.50. The molecule has 2 N–H and O–H groups in total. The second kappa shape index (κ2) is 14.7. The number of aliphatic hydroxyl groups is 2. The number of hydrogen-bond donors (Lipinski definition) is 2. The summed E-state index contributed by atoms with van der Waals surface area (Å²) >= 11 is 6.80. The standard InChI is InChI=1S/C20H44Br2N2O2/c1-5-23(6-2,17-19(25)15-21)13-11-9-10-12-14-24(7-3,8-4)18-20(26)16-22/h19-20,25-26H,5-18H2,1-4H3/q+2. The van der Waals surface area contributed by atoms with Gasteiger partial charge in [0.1, 0.15) is 25.3 Å². The third-order valence-corrected chi connectivity index (χ3v) is 7.75. The largest absolute Gasteiger partial charge is 0.386 e. The summed E-state index contributed by atoms with van der Waals surface area (Å²) in [5, 5.41) is 21.4. The lowest BCUT2D eigenvalue weighted by Crippen LogP contribution is -2.53. The van der Waals surface area contributed by atoms with Gasteiger partial charge in [0.2, 0.25) is 0 Å². The number of alkyl halides is 2. The van der Waals surface area contributed by atoms with Gasteiger partial charge >= 0.3 is 0 Å². The molecule has 0 aliphatic rings. The van der Waals surface area contributed by atoms with Gasteiger partial charge in [-0.15, -0.1) is 0 Å². The van der Waals surface area contributed by atoms with Gasteiger partial charge in [-0.1, -0.05) is 31.9 Å². The lowest BCUT2D eigenvalue weighted by molar-refractivity contribution is -0.928. The van der Waals surface area contributed by atoms with Crippen molar-refractivity contribution < 1.29 is 19.2 Å². The third-order valence-electron chi connectivity index (χ3n) is 6.25. The first-order valence-corrected chi connectivity index (χ1v) is 12.8. The minimum atomic E-state index is -0.247. The molecule has 2 unspecified atom stereocenters. The molecule has 0 rings (SSSR count). The number of unbranched alkanes of at least 4 members (excludes halogenated alkanes) is 3. The van der Waals surface area contributed by atoms with E-state index in [0.717, 1.165) is 48.2 Å². The Kier molecular flexibility index (Phi) is 15.2. The number of hydrogen-bond acceptors (Lipinski definition) is 2. The van der Waals surface area contributed by atoms with E-state index in [0.29, 0.717) is 10.7 Å². The summed E-state index contributed by atoms with van der Waals surface area (Å²) in [7, 11) is 0.